The van der Waals surface area contributed by atoms with Crippen molar-refractivity contribution in [3.63, 3.8) is 0 Å². The summed E-state index contributed by atoms with van der Waals surface area (Å²) >= 11 is 0. The monoisotopic (exact) mass is 253 g/mol. The predicted octanol–water partition coefficient (Wildman–Crippen LogP) is 1.01. The van der Waals surface area contributed by atoms with Gasteiger partial charge in [0, 0.05) is 6.54 Å². The highest BCUT2D eigenvalue weighted by Crippen LogP contribution is 2.13. The molecule has 1 aromatic rings. The summed E-state index contributed by atoms with van der Waals surface area (Å²) in [6.07, 6.45) is -0.947. The Labute approximate surface area is 106 Å². The van der Waals surface area contributed by atoms with E-state index in [1.807, 2.05) is 31.2 Å². The number of ether oxygens (including phenoxy) is 1. The summed E-state index contributed by atoms with van der Waals surface area (Å²) in [6.45, 7) is 4.30. The first-order valence-corrected chi connectivity index (χ1v) is 5.90. The molecule has 0 aromatic heterocycles. The Balaban J connectivity index is 2.61. The summed E-state index contributed by atoms with van der Waals surface area (Å²) in [5.74, 6) is -0.313. The van der Waals surface area contributed by atoms with Gasteiger partial charge in [0.05, 0.1) is 12.7 Å². The molecule has 0 aliphatic rings. The fraction of sp³-hybridized carbons (Fsp3) is 0.462. The van der Waals surface area contributed by atoms with Crippen LogP contribution in [-0.2, 0) is 11.3 Å². The van der Waals surface area contributed by atoms with E-state index < -0.39 is 18.1 Å². The fourth-order valence-electron chi connectivity index (χ4n) is 1.60. The number of carboxylic acids is 1. The maximum absolute atomic E-state index is 10.9. The lowest BCUT2D eigenvalue weighted by Crippen LogP contribution is -2.44. The molecule has 1 aromatic carbocycles. The normalized spacial score (nSPS) is 13.9. The summed E-state index contributed by atoms with van der Waals surface area (Å²) < 4.78 is 5.35. The quantitative estimate of drug-likeness (QED) is 0.676. The van der Waals surface area contributed by atoms with E-state index in [1.54, 1.807) is 0 Å². The summed E-state index contributed by atoms with van der Waals surface area (Å²) in [6, 6.07) is 6.44. The van der Waals surface area contributed by atoms with Crippen molar-refractivity contribution in [2.24, 2.45) is 0 Å². The van der Waals surface area contributed by atoms with Crippen LogP contribution >= 0.6 is 0 Å². The average Bonchev–Trinajstić information content (AvgIpc) is 2.29. The highest BCUT2D eigenvalue weighted by Gasteiger charge is 2.21. The number of aliphatic hydroxyl groups excluding tert-OH is 1. The summed E-state index contributed by atoms with van der Waals surface area (Å²) in [5, 5.41) is 21.0. The van der Waals surface area contributed by atoms with E-state index in [0.29, 0.717) is 13.2 Å². The topological polar surface area (TPSA) is 78.8 Å². The summed E-state index contributed by atoms with van der Waals surface area (Å²) in [7, 11) is 0. The van der Waals surface area contributed by atoms with Crippen molar-refractivity contribution in [2.45, 2.75) is 32.5 Å². The van der Waals surface area contributed by atoms with Gasteiger partial charge in [0.15, 0.2) is 0 Å². The first kappa shape index (κ1) is 14.5. The van der Waals surface area contributed by atoms with Crippen molar-refractivity contribution in [1.82, 2.24) is 5.32 Å². The Morgan fingerprint density at radius 1 is 1.50 bits per heavy atom. The van der Waals surface area contributed by atoms with E-state index >= 15 is 0 Å². The highest BCUT2D eigenvalue weighted by atomic mass is 16.5. The molecule has 0 saturated heterocycles. The molecule has 0 aliphatic heterocycles. The number of carboxylic acid groups (broad SMARTS) is 1. The Kier molecular flexibility index (Phi) is 5.61. The third-order valence-electron chi connectivity index (χ3n) is 2.48. The molecule has 2 unspecified atom stereocenters. The van der Waals surface area contributed by atoms with Crippen molar-refractivity contribution in [3.8, 4) is 5.75 Å². The largest absolute Gasteiger partial charge is 0.494 e. The zero-order valence-electron chi connectivity index (χ0n) is 10.6. The lowest BCUT2D eigenvalue weighted by molar-refractivity contribution is -0.142. The summed E-state index contributed by atoms with van der Waals surface area (Å²) in [4.78, 5) is 10.9. The van der Waals surface area contributed by atoms with Crippen LogP contribution in [0.15, 0.2) is 24.3 Å². The van der Waals surface area contributed by atoms with Crippen LogP contribution in [0.25, 0.3) is 0 Å². The number of benzene rings is 1. The molecule has 0 radical (unpaired) electrons. The first-order chi connectivity index (χ1) is 8.54. The zero-order chi connectivity index (χ0) is 13.5. The lowest BCUT2D eigenvalue weighted by atomic mass is 10.1. The number of carbonyl (C=O) groups is 1. The van der Waals surface area contributed by atoms with E-state index in [4.69, 9.17) is 9.84 Å². The van der Waals surface area contributed by atoms with Gasteiger partial charge in [-0.1, -0.05) is 12.1 Å². The van der Waals surface area contributed by atoms with Crippen LogP contribution in [0.3, 0.4) is 0 Å². The van der Waals surface area contributed by atoms with Crippen LogP contribution in [0, 0.1) is 0 Å². The number of nitrogens with one attached hydrogen (secondary N) is 1. The molecule has 0 spiro atoms. The predicted molar refractivity (Wildman–Crippen MR) is 67.6 cm³/mol. The molecule has 5 heteroatoms. The smallest absolute Gasteiger partial charge is 0.323 e. The van der Waals surface area contributed by atoms with E-state index in [1.165, 1.54) is 6.92 Å². The van der Waals surface area contributed by atoms with Crippen molar-refractivity contribution in [3.05, 3.63) is 29.8 Å². The Morgan fingerprint density at radius 2 is 2.22 bits per heavy atom. The maximum atomic E-state index is 10.9. The van der Waals surface area contributed by atoms with E-state index in [-0.39, 0.29) is 0 Å². The third kappa shape index (κ3) is 4.35. The Bertz CT molecular complexity index is 392. The minimum Gasteiger partial charge on any atom is -0.494 e. The molecule has 18 heavy (non-hydrogen) atoms. The molecule has 0 heterocycles. The van der Waals surface area contributed by atoms with Gasteiger partial charge in [-0.05, 0) is 31.5 Å². The number of aliphatic carboxylic acids is 1. The molecular formula is C13H19NO4. The van der Waals surface area contributed by atoms with Gasteiger partial charge in [-0.2, -0.15) is 0 Å². The zero-order valence-corrected chi connectivity index (χ0v) is 10.6. The number of hydrogen-bond donors (Lipinski definition) is 3. The number of aliphatic hydroxyl groups is 1. The molecule has 0 saturated carbocycles. The van der Waals surface area contributed by atoms with Gasteiger partial charge < -0.3 is 14.9 Å². The van der Waals surface area contributed by atoms with Crippen LogP contribution in [0.1, 0.15) is 19.4 Å². The van der Waals surface area contributed by atoms with Crippen LogP contribution in [0.2, 0.25) is 0 Å². The highest BCUT2D eigenvalue weighted by molar-refractivity contribution is 5.74. The SMILES string of the molecule is CCOc1cccc(CNC(C(=O)O)C(C)O)c1. The Hall–Kier alpha value is -1.59. The second-order valence-electron chi connectivity index (χ2n) is 4.02. The lowest BCUT2D eigenvalue weighted by Gasteiger charge is -2.17. The molecule has 0 fully saturated rings. The minimum absolute atomic E-state index is 0.364. The molecule has 0 bridgehead atoms. The molecule has 3 N–H and O–H groups in total. The van der Waals surface area contributed by atoms with Gasteiger partial charge in [-0.25, -0.2) is 0 Å². The van der Waals surface area contributed by atoms with Gasteiger partial charge in [0.25, 0.3) is 0 Å². The van der Waals surface area contributed by atoms with Crippen molar-refractivity contribution >= 4 is 5.97 Å². The van der Waals surface area contributed by atoms with Gasteiger partial charge >= 0.3 is 5.97 Å². The third-order valence-corrected chi connectivity index (χ3v) is 2.48. The van der Waals surface area contributed by atoms with E-state index in [9.17, 15) is 9.90 Å². The van der Waals surface area contributed by atoms with E-state index in [2.05, 4.69) is 5.32 Å². The molecule has 5 nitrogen and oxygen atoms in total. The Morgan fingerprint density at radius 3 is 2.78 bits per heavy atom. The van der Waals surface area contributed by atoms with Crippen molar-refractivity contribution in [2.75, 3.05) is 6.61 Å². The van der Waals surface area contributed by atoms with Gasteiger partial charge in [0.2, 0.25) is 0 Å². The molecule has 0 aliphatic carbocycles. The maximum Gasteiger partial charge on any atom is 0.323 e. The van der Waals surface area contributed by atoms with Gasteiger partial charge in [-0.15, -0.1) is 0 Å². The molecule has 0 amide bonds. The molecule has 2 atom stereocenters. The minimum atomic E-state index is -1.06. The fourth-order valence-corrected chi connectivity index (χ4v) is 1.60. The average molecular weight is 253 g/mol. The number of rotatable bonds is 7. The summed E-state index contributed by atoms with van der Waals surface area (Å²) in [5.41, 5.74) is 0.910. The van der Waals surface area contributed by atoms with Crippen LogP contribution in [0.4, 0.5) is 0 Å². The molecule has 1 rings (SSSR count). The second-order valence-corrected chi connectivity index (χ2v) is 4.02. The van der Waals surface area contributed by atoms with Gasteiger partial charge in [0.1, 0.15) is 11.8 Å². The van der Waals surface area contributed by atoms with Crippen LogP contribution in [0.5, 0.6) is 5.75 Å². The van der Waals surface area contributed by atoms with E-state index in [0.717, 1.165) is 11.3 Å². The molecule has 100 valence electrons. The molecular weight excluding hydrogens is 234 g/mol. The van der Waals surface area contributed by atoms with Crippen molar-refractivity contribution in [1.29, 1.82) is 0 Å². The first-order valence-electron chi connectivity index (χ1n) is 5.90. The van der Waals surface area contributed by atoms with Crippen LogP contribution < -0.4 is 10.1 Å². The second kappa shape index (κ2) is 6.98. The number of hydrogen-bond acceptors (Lipinski definition) is 4. The van der Waals surface area contributed by atoms with Crippen molar-refractivity contribution < 1.29 is 19.7 Å². The standard InChI is InChI=1S/C13H19NO4/c1-3-18-11-6-4-5-10(7-11)8-14-12(9(2)15)13(16)17/h4-7,9,12,14-15H,3,8H2,1-2H3,(H,16,17). The van der Waals surface area contributed by atoms with Gasteiger partial charge in [-0.3, -0.25) is 10.1 Å². The van der Waals surface area contributed by atoms with Crippen LogP contribution in [-0.4, -0.2) is 34.9 Å².